The highest BCUT2D eigenvalue weighted by Gasteiger charge is 2.49. The first-order valence-electron chi connectivity index (χ1n) is 9.68. The molecule has 162 valence electrons. The first-order chi connectivity index (χ1) is 15.0. The van der Waals surface area contributed by atoms with E-state index < -0.39 is 12.1 Å². The molecule has 4 atom stereocenters. The highest BCUT2D eigenvalue weighted by atomic mass is 16.5. The van der Waals surface area contributed by atoms with E-state index in [-0.39, 0.29) is 23.6 Å². The van der Waals surface area contributed by atoms with Crippen molar-refractivity contribution >= 4 is 0 Å². The second-order valence-corrected chi connectivity index (χ2v) is 7.30. The maximum atomic E-state index is 10.3. The molecule has 2 aromatic rings. The Morgan fingerprint density at radius 3 is 2.29 bits per heavy atom. The largest absolute Gasteiger partial charge is 0.504 e. The molecule has 0 aromatic heterocycles. The van der Waals surface area contributed by atoms with Gasteiger partial charge < -0.3 is 29.8 Å². The van der Waals surface area contributed by atoms with Crippen LogP contribution in [0.5, 0.6) is 23.0 Å². The Balaban J connectivity index is 1.81. The Labute approximate surface area is 179 Å². The number of phenolic OH excluding ortho intramolecular Hbond substituents is 1. The number of rotatable bonds is 5. The molecule has 2 aliphatic rings. The zero-order valence-corrected chi connectivity index (χ0v) is 17.4. The summed E-state index contributed by atoms with van der Waals surface area (Å²) in [6, 6.07) is 12.7. The smallest absolute Gasteiger partial charge is 0.200 e. The van der Waals surface area contributed by atoms with E-state index >= 15 is 0 Å². The first-order valence-corrected chi connectivity index (χ1v) is 9.68. The number of nitrogens with two attached hydrogens (primary N) is 1. The van der Waals surface area contributed by atoms with Crippen molar-refractivity contribution in [1.29, 1.82) is 5.26 Å². The number of benzene rings is 2. The Bertz CT molecular complexity index is 1060. The number of nitrogens with zero attached hydrogens (tertiary/aromatic N) is 1. The van der Waals surface area contributed by atoms with Crippen molar-refractivity contribution in [1.82, 2.24) is 10.9 Å². The zero-order chi connectivity index (χ0) is 22.1. The number of nitriles is 1. The minimum Gasteiger partial charge on any atom is -0.504 e. The molecule has 0 saturated carbocycles. The molecule has 4 rings (SSSR count). The normalized spacial score (nSPS) is 24.7. The summed E-state index contributed by atoms with van der Waals surface area (Å²) in [5, 5.41) is 20.2. The summed E-state index contributed by atoms with van der Waals surface area (Å²) < 4.78 is 21.8. The maximum absolute atomic E-state index is 10.3. The van der Waals surface area contributed by atoms with Crippen LogP contribution in [0.15, 0.2) is 47.9 Å². The van der Waals surface area contributed by atoms with Crippen molar-refractivity contribution in [3.8, 4) is 29.1 Å². The van der Waals surface area contributed by atoms with E-state index in [1.54, 1.807) is 26.4 Å². The summed E-state index contributed by atoms with van der Waals surface area (Å²) in [5.41, 5.74) is 14.4. The highest BCUT2D eigenvalue weighted by molar-refractivity contribution is 5.50. The number of ether oxygens (including phenoxy) is 4. The fraction of sp³-hybridized carbons (Fsp3) is 0.318. The minimum absolute atomic E-state index is 0.0134. The predicted octanol–water partition coefficient (Wildman–Crippen LogP) is 2.02. The van der Waals surface area contributed by atoms with Crippen molar-refractivity contribution in [2.45, 2.75) is 18.2 Å². The van der Waals surface area contributed by atoms with Crippen LogP contribution in [0.3, 0.4) is 0 Å². The van der Waals surface area contributed by atoms with Gasteiger partial charge in [-0.3, -0.25) is 0 Å². The average molecular weight is 424 g/mol. The molecular formula is C22H24N4O5. The molecular weight excluding hydrogens is 400 g/mol. The lowest BCUT2D eigenvalue weighted by atomic mass is 9.74. The molecule has 31 heavy (non-hydrogen) atoms. The van der Waals surface area contributed by atoms with E-state index in [2.05, 4.69) is 16.9 Å². The van der Waals surface area contributed by atoms with Gasteiger partial charge in [-0.2, -0.15) is 5.26 Å². The molecule has 0 aliphatic carbocycles. The van der Waals surface area contributed by atoms with E-state index in [4.69, 9.17) is 24.7 Å². The molecule has 2 heterocycles. The van der Waals surface area contributed by atoms with Crippen LogP contribution in [0.4, 0.5) is 0 Å². The van der Waals surface area contributed by atoms with Gasteiger partial charge in [-0.1, -0.05) is 12.1 Å². The average Bonchev–Trinajstić information content (AvgIpc) is 3.20. The van der Waals surface area contributed by atoms with Gasteiger partial charge >= 0.3 is 0 Å². The van der Waals surface area contributed by atoms with Crippen LogP contribution in [0.2, 0.25) is 0 Å². The third-order valence-corrected chi connectivity index (χ3v) is 5.78. The monoisotopic (exact) mass is 424 g/mol. The van der Waals surface area contributed by atoms with Gasteiger partial charge in [-0.05, 0) is 35.4 Å². The number of phenols is 1. The highest BCUT2D eigenvalue weighted by Crippen LogP contribution is 2.49. The van der Waals surface area contributed by atoms with E-state index in [1.165, 1.54) is 7.11 Å². The summed E-state index contributed by atoms with van der Waals surface area (Å²) in [6.07, 6.45) is -0.482. The number of aromatic hydroxyl groups is 1. The quantitative estimate of drug-likeness (QED) is 0.569. The van der Waals surface area contributed by atoms with Gasteiger partial charge in [-0.25, -0.2) is 10.9 Å². The van der Waals surface area contributed by atoms with Crippen LogP contribution in [-0.4, -0.2) is 32.7 Å². The van der Waals surface area contributed by atoms with Gasteiger partial charge in [0.15, 0.2) is 29.2 Å². The Morgan fingerprint density at radius 2 is 1.65 bits per heavy atom. The first kappa shape index (κ1) is 20.7. The van der Waals surface area contributed by atoms with Crippen LogP contribution >= 0.6 is 0 Å². The Kier molecular flexibility index (Phi) is 5.50. The van der Waals surface area contributed by atoms with E-state index in [0.717, 1.165) is 11.1 Å². The summed E-state index contributed by atoms with van der Waals surface area (Å²) >= 11 is 0. The second kappa shape index (κ2) is 8.26. The number of nitrogens with one attached hydrogen (secondary N) is 2. The van der Waals surface area contributed by atoms with Gasteiger partial charge in [-0.15, -0.1) is 0 Å². The number of methoxy groups -OCH3 is 3. The van der Waals surface area contributed by atoms with Crippen molar-refractivity contribution in [2.75, 3.05) is 21.3 Å². The van der Waals surface area contributed by atoms with E-state index in [1.807, 2.05) is 24.3 Å². The predicted molar refractivity (Wildman–Crippen MR) is 111 cm³/mol. The molecule has 5 N–H and O–H groups in total. The lowest BCUT2D eigenvalue weighted by Crippen LogP contribution is -2.40. The van der Waals surface area contributed by atoms with Gasteiger partial charge in [0.2, 0.25) is 5.88 Å². The molecule has 2 aromatic carbocycles. The maximum Gasteiger partial charge on any atom is 0.200 e. The fourth-order valence-electron chi connectivity index (χ4n) is 4.33. The lowest BCUT2D eigenvalue weighted by Gasteiger charge is -2.36. The molecule has 1 fully saturated rings. The van der Waals surface area contributed by atoms with Gasteiger partial charge in [0.1, 0.15) is 6.07 Å². The van der Waals surface area contributed by atoms with Crippen molar-refractivity contribution in [3.63, 3.8) is 0 Å². The summed E-state index contributed by atoms with van der Waals surface area (Å²) in [7, 11) is 4.64. The molecule has 0 bridgehead atoms. The van der Waals surface area contributed by atoms with Crippen molar-refractivity contribution in [2.24, 2.45) is 11.7 Å². The van der Waals surface area contributed by atoms with Gasteiger partial charge in [0.25, 0.3) is 0 Å². The van der Waals surface area contributed by atoms with Crippen molar-refractivity contribution < 1.29 is 24.1 Å². The molecule has 2 aliphatic heterocycles. The summed E-state index contributed by atoms with van der Waals surface area (Å²) in [6.45, 7) is 0. The molecule has 0 spiro atoms. The molecule has 4 unspecified atom stereocenters. The van der Waals surface area contributed by atoms with E-state index in [0.29, 0.717) is 22.8 Å². The molecule has 0 radical (unpaired) electrons. The molecule has 0 amide bonds. The SMILES string of the molecule is COc1ccc(C2C(C#N)=C(N)OC3NNC(c4ccc(OC)c(OC)c4)C32)cc1O. The van der Waals surface area contributed by atoms with Gasteiger partial charge in [0.05, 0.1) is 32.9 Å². The Morgan fingerprint density at radius 1 is 0.968 bits per heavy atom. The van der Waals surface area contributed by atoms with Crippen molar-refractivity contribution in [3.05, 3.63) is 59.0 Å². The Hall–Kier alpha value is -3.61. The minimum atomic E-state index is -0.482. The number of fused-ring (bicyclic) bond motifs is 1. The van der Waals surface area contributed by atoms with E-state index in [9.17, 15) is 10.4 Å². The zero-order valence-electron chi connectivity index (χ0n) is 17.4. The number of hydrazine groups is 1. The number of hydrogen-bond donors (Lipinski definition) is 4. The lowest BCUT2D eigenvalue weighted by molar-refractivity contribution is 0.0340. The van der Waals surface area contributed by atoms with Crippen LogP contribution in [0, 0.1) is 17.2 Å². The molecule has 9 heteroatoms. The topological polar surface area (TPSA) is 131 Å². The number of allylic oxidation sites excluding steroid dienone is 1. The van der Waals surface area contributed by atoms with Crippen LogP contribution in [-0.2, 0) is 4.74 Å². The standard InChI is InChI=1S/C22H24N4O5/c1-28-15-6-4-11(8-14(15)27)18-13(10-23)21(24)31-22-19(18)20(25-26-22)12-5-7-16(29-2)17(9-12)30-3/h4-9,18-20,22,25-27H,24H2,1-3H3. The second-order valence-electron chi connectivity index (χ2n) is 7.30. The van der Waals surface area contributed by atoms with Crippen LogP contribution < -0.4 is 30.8 Å². The van der Waals surface area contributed by atoms with Crippen LogP contribution in [0.25, 0.3) is 0 Å². The third-order valence-electron chi connectivity index (χ3n) is 5.78. The number of hydrogen-bond acceptors (Lipinski definition) is 9. The molecule has 9 nitrogen and oxygen atoms in total. The fourth-order valence-corrected chi connectivity index (χ4v) is 4.33. The van der Waals surface area contributed by atoms with Gasteiger partial charge in [0, 0.05) is 11.8 Å². The third kappa shape index (κ3) is 3.46. The summed E-state index contributed by atoms with van der Waals surface area (Å²) in [5.74, 6) is 0.936. The summed E-state index contributed by atoms with van der Waals surface area (Å²) in [4.78, 5) is 0. The van der Waals surface area contributed by atoms with Crippen LogP contribution in [0.1, 0.15) is 23.1 Å². The molecule has 1 saturated heterocycles.